The summed E-state index contributed by atoms with van der Waals surface area (Å²) in [6.07, 6.45) is 0.695. The van der Waals surface area contributed by atoms with Gasteiger partial charge in [0, 0.05) is 12.6 Å². The van der Waals surface area contributed by atoms with E-state index in [1.54, 1.807) is 18.2 Å². The van der Waals surface area contributed by atoms with Gasteiger partial charge in [0.15, 0.2) is 0 Å². The van der Waals surface area contributed by atoms with E-state index in [2.05, 4.69) is 9.46 Å². The van der Waals surface area contributed by atoms with Crippen molar-refractivity contribution in [2.45, 2.75) is 25.1 Å². The molecule has 20 heavy (non-hydrogen) atoms. The summed E-state index contributed by atoms with van der Waals surface area (Å²) in [4.78, 5) is 11.4. The number of nitrogens with one attached hydrogen (secondary N) is 1. The largest absolute Gasteiger partial charge is 0.465 e. The smallest absolute Gasteiger partial charge is 0.337 e. The van der Waals surface area contributed by atoms with Crippen LogP contribution in [0, 0.1) is 0 Å². The minimum Gasteiger partial charge on any atom is -0.465 e. The summed E-state index contributed by atoms with van der Waals surface area (Å²) in [5, 5.41) is 0. The van der Waals surface area contributed by atoms with E-state index in [-0.39, 0.29) is 18.3 Å². The van der Waals surface area contributed by atoms with Gasteiger partial charge in [0.1, 0.15) is 0 Å². The highest BCUT2D eigenvalue weighted by atomic mass is 32.2. The molecule has 7 heteroatoms. The number of esters is 1. The maximum absolute atomic E-state index is 11.9. The van der Waals surface area contributed by atoms with E-state index in [1.807, 2.05) is 6.92 Å². The van der Waals surface area contributed by atoms with Gasteiger partial charge in [-0.15, -0.1) is 0 Å². The first kappa shape index (κ1) is 16.6. The molecule has 112 valence electrons. The summed E-state index contributed by atoms with van der Waals surface area (Å²) in [6, 6.07) is 6.14. The number of ether oxygens (including phenoxy) is 1. The average molecular weight is 300 g/mol. The standard InChI is InChI=1S/C13H20N2O4S/c1-3-12(14)8-15-20(17,18)9-10-5-4-6-11(7-10)13(16)19-2/h4-7,12,15H,3,8-9,14H2,1-2H3. The van der Waals surface area contributed by atoms with Crippen molar-refractivity contribution in [3.05, 3.63) is 35.4 Å². The molecule has 1 unspecified atom stereocenters. The third-order valence-corrected chi connectivity index (χ3v) is 4.11. The fraction of sp³-hybridized carbons (Fsp3) is 0.462. The van der Waals surface area contributed by atoms with Gasteiger partial charge in [0.2, 0.25) is 10.0 Å². The Morgan fingerprint density at radius 2 is 2.15 bits per heavy atom. The first-order valence-electron chi connectivity index (χ1n) is 6.28. The van der Waals surface area contributed by atoms with Crippen LogP contribution in [0.5, 0.6) is 0 Å². The molecule has 6 nitrogen and oxygen atoms in total. The van der Waals surface area contributed by atoms with Gasteiger partial charge in [-0.3, -0.25) is 0 Å². The van der Waals surface area contributed by atoms with E-state index in [9.17, 15) is 13.2 Å². The number of carbonyl (C=O) groups excluding carboxylic acids is 1. The molecule has 0 heterocycles. The maximum Gasteiger partial charge on any atom is 0.337 e. The fourth-order valence-electron chi connectivity index (χ4n) is 1.55. The number of carbonyl (C=O) groups is 1. The quantitative estimate of drug-likeness (QED) is 0.720. The first-order valence-corrected chi connectivity index (χ1v) is 7.93. The second-order valence-electron chi connectivity index (χ2n) is 4.47. The van der Waals surface area contributed by atoms with Crippen molar-refractivity contribution in [3.8, 4) is 0 Å². The van der Waals surface area contributed by atoms with Crippen LogP contribution in [0.25, 0.3) is 0 Å². The Morgan fingerprint density at radius 3 is 2.75 bits per heavy atom. The van der Waals surface area contributed by atoms with Gasteiger partial charge < -0.3 is 10.5 Å². The Balaban J connectivity index is 2.74. The number of methoxy groups -OCH3 is 1. The monoisotopic (exact) mass is 300 g/mol. The molecule has 0 bridgehead atoms. The number of hydrogen-bond acceptors (Lipinski definition) is 5. The van der Waals surface area contributed by atoms with Crippen LogP contribution in [-0.4, -0.2) is 34.1 Å². The van der Waals surface area contributed by atoms with E-state index in [0.717, 1.165) is 0 Å². The zero-order valence-corrected chi connectivity index (χ0v) is 12.4. The Labute approximate surface area is 119 Å². The van der Waals surface area contributed by atoms with Crippen LogP contribution in [0.3, 0.4) is 0 Å². The SMILES string of the molecule is CCC(N)CNS(=O)(=O)Cc1cccc(C(=O)OC)c1. The van der Waals surface area contributed by atoms with E-state index >= 15 is 0 Å². The summed E-state index contributed by atoms with van der Waals surface area (Å²) < 4.78 is 30.8. The number of nitrogens with two attached hydrogens (primary N) is 1. The lowest BCUT2D eigenvalue weighted by Gasteiger charge is -2.11. The normalized spacial score (nSPS) is 12.9. The van der Waals surface area contributed by atoms with E-state index in [1.165, 1.54) is 13.2 Å². The van der Waals surface area contributed by atoms with Crippen molar-refractivity contribution >= 4 is 16.0 Å². The summed E-state index contributed by atoms with van der Waals surface area (Å²) >= 11 is 0. The minimum atomic E-state index is -3.47. The Bertz CT molecular complexity index is 557. The Kier molecular flexibility index (Phi) is 6.12. The van der Waals surface area contributed by atoms with Crippen LogP contribution in [0.1, 0.15) is 29.3 Å². The molecule has 0 saturated heterocycles. The Hall–Kier alpha value is -1.44. The molecule has 1 aromatic carbocycles. The molecule has 0 spiro atoms. The van der Waals surface area contributed by atoms with E-state index in [0.29, 0.717) is 17.5 Å². The summed E-state index contributed by atoms with van der Waals surface area (Å²) in [7, 11) is -2.19. The zero-order chi connectivity index (χ0) is 15.2. The number of sulfonamides is 1. The molecule has 1 rings (SSSR count). The number of hydrogen-bond donors (Lipinski definition) is 2. The first-order chi connectivity index (χ1) is 9.38. The number of rotatable bonds is 7. The predicted molar refractivity (Wildman–Crippen MR) is 76.7 cm³/mol. The molecule has 1 atom stereocenters. The minimum absolute atomic E-state index is 0.200. The van der Waals surface area contributed by atoms with Crippen molar-refractivity contribution in [3.63, 3.8) is 0 Å². The Morgan fingerprint density at radius 1 is 1.45 bits per heavy atom. The molecular formula is C13H20N2O4S. The molecule has 1 aromatic rings. The maximum atomic E-state index is 11.9. The van der Waals surface area contributed by atoms with Gasteiger partial charge >= 0.3 is 5.97 Å². The van der Waals surface area contributed by atoms with Gasteiger partial charge in [0.05, 0.1) is 18.4 Å². The van der Waals surface area contributed by atoms with Crippen molar-refractivity contribution < 1.29 is 17.9 Å². The van der Waals surface area contributed by atoms with Crippen LogP contribution in [0.15, 0.2) is 24.3 Å². The highest BCUT2D eigenvalue weighted by Crippen LogP contribution is 2.09. The lowest BCUT2D eigenvalue weighted by molar-refractivity contribution is 0.0600. The highest BCUT2D eigenvalue weighted by molar-refractivity contribution is 7.88. The van der Waals surface area contributed by atoms with Crippen molar-refractivity contribution in [2.75, 3.05) is 13.7 Å². The van der Waals surface area contributed by atoms with Gasteiger partial charge in [-0.1, -0.05) is 19.1 Å². The van der Waals surface area contributed by atoms with E-state index < -0.39 is 16.0 Å². The van der Waals surface area contributed by atoms with Gasteiger partial charge in [-0.2, -0.15) is 0 Å². The summed E-state index contributed by atoms with van der Waals surface area (Å²) in [5.74, 6) is -0.695. The molecule has 0 saturated carbocycles. The van der Waals surface area contributed by atoms with Crippen LogP contribution >= 0.6 is 0 Å². The van der Waals surface area contributed by atoms with Crippen molar-refractivity contribution in [2.24, 2.45) is 5.73 Å². The summed E-state index contributed by atoms with van der Waals surface area (Å²) in [6.45, 7) is 2.09. The molecule has 0 aliphatic heterocycles. The molecule has 0 aliphatic rings. The molecule has 0 fully saturated rings. The van der Waals surface area contributed by atoms with Gasteiger partial charge in [-0.25, -0.2) is 17.9 Å². The third kappa shape index (κ3) is 5.28. The zero-order valence-electron chi connectivity index (χ0n) is 11.6. The second kappa shape index (κ2) is 7.37. The fourth-order valence-corrected chi connectivity index (χ4v) is 2.74. The van der Waals surface area contributed by atoms with Gasteiger partial charge in [-0.05, 0) is 24.1 Å². The molecule has 0 radical (unpaired) electrons. The molecule has 0 amide bonds. The third-order valence-electron chi connectivity index (χ3n) is 2.79. The predicted octanol–water partition coefficient (Wildman–Crippen LogP) is 0.630. The number of benzene rings is 1. The molecule has 3 N–H and O–H groups in total. The molecule has 0 aromatic heterocycles. The van der Waals surface area contributed by atoms with Crippen molar-refractivity contribution in [1.82, 2.24) is 4.72 Å². The molecular weight excluding hydrogens is 280 g/mol. The second-order valence-corrected chi connectivity index (χ2v) is 6.27. The summed E-state index contributed by atoms with van der Waals surface area (Å²) in [5.41, 5.74) is 6.51. The van der Waals surface area contributed by atoms with Crippen LogP contribution < -0.4 is 10.5 Å². The van der Waals surface area contributed by atoms with Crippen molar-refractivity contribution in [1.29, 1.82) is 0 Å². The lowest BCUT2D eigenvalue weighted by atomic mass is 10.1. The van der Waals surface area contributed by atoms with Crippen LogP contribution in [0.4, 0.5) is 0 Å². The van der Waals surface area contributed by atoms with Gasteiger partial charge in [0.25, 0.3) is 0 Å². The highest BCUT2D eigenvalue weighted by Gasteiger charge is 2.14. The lowest BCUT2D eigenvalue weighted by Crippen LogP contribution is -2.37. The van der Waals surface area contributed by atoms with Crippen LogP contribution in [0.2, 0.25) is 0 Å². The topological polar surface area (TPSA) is 98.5 Å². The van der Waals surface area contributed by atoms with Crippen LogP contribution in [-0.2, 0) is 20.5 Å². The molecule has 0 aliphatic carbocycles. The average Bonchev–Trinajstić information content (AvgIpc) is 2.43. The van der Waals surface area contributed by atoms with E-state index in [4.69, 9.17) is 5.73 Å².